The molecule has 1 aromatic heterocycles. The van der Waals surface area contributed by atoms with E-state index in [1.54, 1.807) is 0 Å². The number of hydrogen-bond acceptors (Lipinski definition) is 2. The Morgan fingerprint density at radius 3 is 2.06 bits per heavy atom. The SMILES string of the molecule is FC1(F)[C-]=C(c2nccs2)C(F)(F)C1(F)F.[Ir]. The van der Waals surface area contributed by atoms with Gasteiger partial charge in [0.05, 0.1) is 0 Å². The van der Waals surface area contributed by atoms with Gasteiger partial charge in [0.1, 0.15) is 0 Å². The molecular weight excluding hydrogens is 448 g/mol. The molecule has 2 rings (SSSR count). The van der Waals surface area contributed by atoms with Gasteiger partial charge in [-0.3, -0.25) is 0 Å². The normalized spacial score (nSPS) is 24.0. The van der Waals surface area contributed by atoms with Crippen molar-refractivity contribution in [2.75, 3.05) is 0 Å². The summed E-state index contributed by atoms with van der Waals surface area (Å²) in [6.07, 6.45) is 1.90. The van der Waals surface area contributed by atoms with Crippen molar-refractivity contribution in [1.29, 1.82) is 0 Å². The number of allylic oxidation sites excluding steroid dienone is 2. The van der Waals surface area contributed by atoms with Crippen LogP contribution in [0.25, 0.3) is 5.57 Å². The molecule has 0 bridgehead atoms. The summed E-state index contributed by atoms with van der Waals surface area (Å²) in [5.74, 6) is -15.4. The van der Waals surface area contributed by atoms with Crippen LogP contribution in [0.15, 0.2) is 11.6 Å². The van der Waals surface area contributed by atoms with E-state index >= 15 is 0 Å². The number of aromatic nitrogens is 1. The number of alkyl halides is 6. The first-order chi connectivity index (χ1) is 7.20. The second-order valence-electron chi connectivity index (χ2n) is 3.06. The topological polar surface area (TPSA) is 12.9 Å². The van der Waals surface area contributed by atoms with Crippen molar-refractivity contribution in [3.8, 4) is 0 Å². The molecule has 0 spiro atoms. The summed E-state index contributed by atoms with van der Waals surface area (Å²) in [7, 11) is 0. The fourth-order valence-corrected chi connectivity index (χ4v) is 1.87. The summed E-state index contributed by atoms with van der Waals surface area (Å²) < 4.78 is 77.0. The predicted molar refractivity (Wildman–Crippen MR) is 43.6 cm³/mol. The maximum Gasteiger partial charge on any atom is 0.360 e. The van der Waals surface area contributed by atoms with Gasteiger partial charge in [-0.2, -0.15) is 23.6 Å². The molecule has 1 aromatic rings. The Bertz CT molecular complexity index is 441. The van der Waals surface area contributed by atoms with Crippen molar-refractivity contribution in [3.63, 3.8) is 0 Å². The van der Waals surface area contributed by atoms with E-state index in [1.165, 1.54) is 5.38 Å². The van der Waals surface area contributed by atoms with Crippen LogP contribution < -0.4 is 0 Å². The molecule has 0 fully saturated rings. The molecule has 9 heteroatoms. The maximum absolute atomic E-state index is 13.1. The molecule has 0 N–H and O–H groups in total. The molecule has 1 radical (unpaired) electrons. The standard InChI is InChI=1S/C8H2F6NS.Ir/c9-6(10)3-4(5-15-1-2-16-5)7(11,12)8(6,13)14;/h1-2H;/q-1;. The van der Waals surface area contributed by atoms with E-state index < -0.39 is 28.3 Å². The minimum atomic E-state index is -5.47. The zero-order valence-corrected chi connectivity index (χ0v) is 10.8. The van der Waals surface area contributed by atoms with E-state index in [0.29, 0.717) is 11.3 Å². The zero-order chi connectivity index (χ0) is 12.2. The molecule has 1 nitrogen and oxygen atoms in total. The van der Waals surface area contributed by atoms with Crippen LogP contribution in [0, 0.1) is 6.08 Å². The Morgan fingerprint density at radius 1 is 1.12 bits per heavy atom. The third-order valence-corrected chi connectivity index (χ3v) is 2.82. The molecule has 0 amide bonds. The average molecular weight is 450 g/mol. The van der Waals surface area contributed by atoms with Gasteiger partial charge < -0.3 is 4.98 Å². The first-order valence-electron chi connectivity index (χ1n) is 3.89. The van der Waals surface area contributed by atoms with Gasteiger partial charge in [0.2, 0.25) is 0 Å². The number of thiazole rings is 1. The smallest absolute Gasteiger partial charge is 0.340 e. The molecule has 0 saturated heterocycles. The number of hydrogen-bond donors (Lipinski definition) is 0. The first-order valence-corrected chi connectivity index (χ1v) is 4.77. The van der Waals surface area contributed by atoms with Gasteiger partial charge in [-0.05, 0) is 10.4 Å². The Balaban J connectivity index is 0.00000144. The van der Waals surface area contributed by atoms with Gasteiger partial charge in [0.15, 0.2) is 0 Å². The second-order valence-corrected chi connectivity index (χ2v) is 3.96. The van der Waals surface area contributed by atoms with Gasteiger partial charge in [-0.1, -0.05) is 0 Å². The van der Waals surface area contributed by atoms with Gasteiger partial charge >= 0.3 is 11.8 Å². The van der Waals surface area contributed by atoms with Crippen LogP contribution in [-0.4, -0.2) is 22.8 Å². The molecule has 1 aliphatic rings. The van der Waals surface area contributed by atoms with Gasteiger partial charge in [-0.25, -0.2) is 20.1 Å². The van der Waals surface area contributed by atoms with Crippen molar-refractivity contribution in [2.45, 2.75) is 17.8 Å². The molecule has 0 atom stereocenters. The third kappa shape index (κ3) is 1.84. The Morgan fingerprint density at radius 2 is 1.71 bits per heavy atom. The van der Waals surface area contributed by atoms with Crippen molar-refractivity contribution >= 4 is 16.9 Å². The molecule has 0 aliphatic heterocycles. The van der Waals surface area contributed by atoms with Crippen LogP contribution in [-0.2, 0) is 20.1 Å². The summed E-state index contributed by atoms with van der Waals surface area (Å²) in [6.45, 7) is 0. The van der Waals surface area contributed by atoms with E-state index in [0.717, 1.165) is 12.3 Å². The molecular formula is C8H2F6IrNS-. The Kier molecular flexibility index (Phi) is 3.51. The molecule has 97 valence electrons. The van der Waals surface area contributed by atoms with E-state index in [-0.39, 0.29) is 20.1 Å². The number of rotatable bonds is 1. The molecule has 0 saturated carbocycles. The summed E-state index contributed by atoms with van der Waals surface area (Å²) >= 11 is 0.567. The molecule has 17 heavy (non-hydrogen) atoms. The minimum Gasteiger partial charge on any atom is -0.340 e. The quantitative estimate of drug-likeness (QED) is 0.473. The zero-order valence-electron chi connectivity index (χ0n) is 7.61. The van der Waals surface area contributed by atoms with Crippen LogP contribution in [0.3, 0.4) is 0 Å². The molecule has 0 unspecified atom stereocenters. The van der Waals surface area contributed by atoms with Crippen LogP contribution in [0.4, 0.5) is 26.3 Å². The minimum absolute atomic E-state index is 0. The number of halogens is 6. The van der Waals surface area contributed by atoms with Crippen LogP contribution in [0.5, 0.6) is 0 Å². The summed E-state index contributed by atoms with van der Waals surface area (Å²) in [5.41, 5.74) is -1.54. The number of nitrogens with zero attached hydrogens (tertiary/aromatic N) is 1. The van der Waals surface area contributed by atoms with Crippen LogP contribution in [0.1, 0.15) is 5.01 Å². The summed E-state index contributed by atoms with van der Waals surface area (Å²) in [4.78, 5) is 3.30. The average Bonchev–Trinajstić information content (AvgIpc) is 2.68. The van der Waals surface area contributed by atoms with Gasteiger partial charge in [0.25, 0.3) is 5.92 Å². The monoisotopic (exact) mass is 451 g/mol. The van der Waals surface area contributed by atoms with Crippen molar-refractivity contribution < 1.29 is 46.4 Å². The van der Waals surface area contributed by atoms with Gasteiger partial charge in [0, 0.05) is 26.3 Å². The van der Waals surface area contributed by atoms with Crippen LogP contribution >= 0.6 is 11.3 Å². The van der Waals surface area contributed by atoms with Crippen molar-refractivity contribution in [2.24, 2.45) is 0 Å². The van der Waals surface area contributed by atoms with Gasteiger partial charge in [-0.15, -0.1) is 5.57 Å². The maximum atomic E-state index is 13.1. The van der Waals surface area contributed by atoms with E-state index in [9.17, 15) is 26.3 Å². The summed E-state index contributed by atoms with van der Waals surface area (Å²) in [5, 5.41) is 0.635. The predicted octanol–water partition coefficient (Wildman–Crippen LogP) is 3.25. The fraction of sp³-hybridized carbons (Fsp3) is 0.375. The third-order valence-electron chi connectivity index (χ3n) is 2.03. The fourth-order valence-electron chi connectivity index (χ4n) is 1.20. The Hall–Kier alpha value is -0.401. The Labute approximate surface area is 109 Å². The molecule has 0 aromatic carbocycles. The molecule has 1 aliphatic carbocycles. The van der Waals surface area contributed by atoms with Crippen molar-refractivity contribution in [1.82, 2.24) is 4.98 Å². The molecule has 1 heterocycles. The van der Waals surface area contributed by atoms with Crippen LogP contribution in [0.2, 0.25) is 0 Å². The first kappa shape index (κ1) is 14.7. The largest absolute Gasteiger partial charge is 0.360 e. The van der Waals surface area contributed by atoms with E-state index in [2.05, 4.69) is 4.98 Å². The van der Waals surface area contributed by atoms with E-state index in [1.807, 2.05) is 0 Å². The second kappa shape index (κ2) is 4.07. The summed E-state index contributed by atoms with van der Waals surface area (Å²) in [6, 6.07) is 0. The van der Waals surface area contributed by atoms with E-state index in [4.69, 9.17) is 0 Å². The van der Waals surface area contributed by atoms with Crippen molar-refractivity contribution in [3.05, 3.63) is 22.7 Å².